The van der Waals surface area contributed by atoms with Gasteiger partial charge in [0.15, 0.2) is 22.9 Å². The van der Waals surface area contributed by atoms with E-state index in [1.807, 2.05) is 30.3 Å². The lowest BCUT2D eigenvalue weighted by atomic mass is 9.95. The molecule has 0 radical (unpaired) electrons. The van der Waals surface area contributed by atoms with Crippen molar-refractivity contribution in [2.45, 2.75) is 6.04 Å². The van der Waals surface area contributed by atoms with E-state index in [0.29, 0.717) is 33.8 Å². The molecule has 5 rings (SSSR count). The summed E-state index contributed by atoms with van der Waals surface area (Å²) in [5.41, 5.74) is 0.929. The van der Waals surface area contributed by atoms with Crippen LogP contribution in [0, 0.1) is 0 Å². The van der Waals surface area contributed by atoms with Crippen LogP contribution in [0.15, 0.2) is 94.6 Å². The van der Waals surface area contributed by atoms with E-state index in [1.165, 1.54) is 19.1 Å². The third-order valence-electron chi connectivity index (χ3n) is 6.19. The van der Waals surface area contributed by atoms with E-state index in [4.69, 9.17) is 18.6 Å². The summed E-state index contributed by atoms with van der Waals surface area (Å²) in [6, 6.07) is 22.4. The summed E-state index contributed by atoms with van der Waals surface area (Å²) in [6.45, 7) is 0.387. The fourth-order valence-electron chi connectivity index (χ4n) is 4.47. The molecule has 1 aliphatic heterocycles. The minimum absolute atomic E-state index is 0.0101. The molecule has 37 heavy (non-hydrogen) atoms. The molecule has 2 heterocycles. The molecule has 1 unspecified atom stereocenters. The van der Waals surface area contributed by atoms with Gasteiger partial charge in [-0.3, -0.25) is 9.59 Å². The number of ketones is 1. The number of aliphatic hydroxyl groups is 1. The molecular weight excluding hydrogens is 474 g/mol. The molecule has 8 heteroatoms. The maximum absolute atomic E-state index is 13.8. The lowest BCUT2D eigenvalue weighted by Crippen LogP contribution is -2.34. The standard InChI is InChI=1S/C29H25NO7/c1-34-15-14-30-25(18-8-6-12-21(16-18)36-20-10-4-3-5-11-20)24(27(32)29(30)33)26(31)23-17-19-9-7-13-22(35-2)28(19)37-23/h3-13,16-17,25,32H,14-15H2,1-2H3. The van der Waals surface area contributed by atoms with Crippen molar-refractivity contribution in [1.29, 1.82) is 0 Å². The maximum Gasteiger partial charge on any atom is 0.290 e. The van der Waals surface area contributed by atoms with Crippen molar-refractivity contribution < 1.29 is 33.3 Å². The number of para-hydroxylation sites is 2. The van der Waals surface area contributed by atoms with E-state index in [-0.39, 0.29) is 24.5 Å². The lowest BCUT2D eigenvalue weighted by Gasteiger charge is -2.26. The molecule has 1 amide bonds. The maximum atomic E-state index is 13.8. The molecule has 1 atom stereocenters. The van der Waals surface area contributed by atoms with Crippen LogP contribution in [0.1, 0.15) is 22.2 Å². The van der Waals surface area contributed by atoms with Crippen LogP contribution in [0.3, 0.4) is 0 Å². The third-order valence-corrected chi connectivity index (χ3v) is 6.19. The van der Waals surface area contributed by atoms with Gasteiger partial charge in [-0.2, -0.15) is 0 Å². The number of carbonyl (C=O) groups is 2. The van der Waals surface area contributed by atoms with Crippen LogP contribution >= 0.6 is 0 Å². The Labute approximate surface area is 213 Å². The lowest BCUT2D eigenvalue weighted by molar-refractivity contribution is -0.130. The fraction of sp³-hybridized carbons (Fsp3) is 0.172. The molecule has 1 aromatic heterocycles. The molecule has 1 N–H and O–H groups in total. The number of hydrogen-bond donors (Lipinski definition) is 1. The number of aliphatic hydroxyl groups excluding tert-OH is 1. The Balaban J connectivity index is 1.56. The van der Waals surface area contributed by atoms with Gasteiger partial charge in [0.05, 0.1) is 25.3 Å². The normalized spacial score (nSPS) is 15.5. The molecule has 3 aromatic carbocycles. The van der Waals surface area contributed by atoms with Gasteiger partial charge in [-0.15, -0.1) is 0 Å². The Kier molecular flexibility index (Phi) is 6.66. The summed E-state index contributed by atoms with van der Waals surface area (Å²) in [7, 11) is 3.03. The van der Waals surface area contributed by atoms with Gasteiger partial charge in [-0.05, 0) is 42.0 Å². The first-order valence-corrected chi connectivity index (χ1v) is 11.7. The average Bonchev–Trinajstić information content (AvgIpc) is 3.47. The third kappa shape index (κ3) is 4.54. The van der Waals surface area contributed by atoms with Gasteiger partial charge in [-0.25, -0.2) is 0 Å². The highest BCUT2D eigenvalue weighted by Gasteiger charge is 2.44. The predicted molar refractivity (Wildman–Crippen MR) is 136 cm³/mol. The van der Waals surface area contributed by atoms with Crippen molar-refractivity contribution in [2.75, 3.05) is 27.4 Å². The molecule has 0 saturated heterocycles. The predicted octanol–water partition coefficient (Wildman–Crippen LogP) is 5.46. The highest BCUT2D eigenvalue weighted by molar-refractivity contribution is 6.16. The van der Waals surface area contributed by atoms with Crippen LogP contribution in [0.2, 0.25) is 0 Å². The SMILES string of the molecule is COCCN1C(=O)C(O)=C(C(=O)c2cc3cccc(OC)c3o2)C1c1cccc(Oc2ccccc2)c1. The van der Waals surface area contributed by atoms with E-state index < -0.39 is 23.5 Å². The summed E-state index contributed by atoms with van der Waals surface area (Å²) in [6.07, 6.45) is 0. The Morgan fingerprint density at radius 2 is 1.73 bits per heavy atom. The molecule has 0 spiro atoms. The Morgan fingerprint density at radius 1 is 0.973 bits per heavy atom. The topological polar surface area (TPSA) is 98.4 Å². The second-order valence-corrected chi connectivity index (χ2v) is 8.46. The molecule has 0 fully saturated rings. The average molecular weight is 500 g/mol. The van der Waals surface area contributed by atoms with Crippen molar-refractivity contribution >= 4 is 22.7 Å². The number of amides is 1. The molecular formula is C29H25NO7. The van der Waals surface area contributed by atoms with Gasteiger partial charge >= 0.3 is 0 Å². The van der Waals surface area contributed by atoms with Gasteiger partial charge in [0.1, 0.15) is 11.5 Å². The van der Waals surface area contributed by atoms with Gasteiger partial charge in [0.2, 0.25) is 5.78 Å². The minimum atomic E-state index is -0.871. The van der Waals surface area contributed by atoms with Gasteiger partial charge in [-0.1, -0.05) is 42.5 Å². The van der Waals surface area contributed by atoms with Crippen LogP contribution in [0.25, 0.3) is 11.0 Å². The second-order valence-electron chi connectivity index (χ2n) is 8.46. The minimum Gasteiger partial charge on any atom is -0.503 e. The summed E-state index contributed by atoms with van der Waals surface area (Å²) in [5, 5.41) is 11.6. The molecule has 0 bridgehead atoms. The van der Waals surface area contributed by atoms with Crippen LogP contribution in [-0.4, -0.2) is 49.1 Å². The van der Waals surface area contributed by atoms with Crippen LogP contribution in [0.5, 0.6) is 17.2 Å². The van der Waals surface area contributed by atoms with E-state index in [1.54, 1.807) is 48.5 Å². The van der Waals surface area contributed by atoms with Gasteiger partial charge < -0.3 is 28.6 Å². The number of furan rings is 1. The quantitative estimate of drug-likeness (QED) is 0.305. The largest absolute Gasteiger partial charge is 0.503 e. The summed E-state index contributed by atoms with van der Waals surface area (Å²) in [5.74, 6) is -0.242. The summed E-state index contributed by atoms with van der Waals surface area (Å²) < 4.78 is 22.3. The van der Waals surface area contributed by atoms with Crippen molar-refractivity contribution in [2.24, 2.45) is 0 Å². The molecule has 0 aliphatic carbocycles. The number of nitrogens with zero attached hydrogens (tertiary/aromatic N) is 1. The summed E-state index contributed by atoms with van der Waals surface area (Å²) >= 11 is 0. The number of rotatable bonds is 9. The Morgan fingerprint density at radius 3 is 2.49 bits per heavy atom. The highest BCUT2D eigenvalue weighted by atomic mass is 16.5. The van der Waals surface area contributed by atoms with Crippen LogP contribution in [-0.2, 0) is 9.53 Å². The van der Waals surface area contributed by atoms with E-state index >= 15 is 0 Å². The van der Waals surface area contributed by atoms with Crippen LogP contribution in [0.4, 0.5) is 0 Å². The molecule has 0 saturated carbocycles. The van der Waals surface area contributed by atoms with Crippen molar-refractivity contribution in [3.8, 4) is 17.2 Å². The molecule has 188 valence electrons. The number of hydrogen-bond acceptors (Lipinski definition) is 7. The Hall–Kier alpha value is -4.56. The first kappa shape index (κ1) is 24.1. The second kappa shape index (κ2) is 10.2. The summed E-state index contributed by atoms with van der Waals surface area (Å²) in [4.78, 5) is 28.3. The first-order valence-electron chi connectivity index (χ1n) is 11.7. The van der Waals surface area contributed by atoms with Crippen molar-refractivity contribution in [3.05, 3.63) is 102 Å². The number of Topliss-reactive ketones (excluding diaryl/α,β-unsaturated/α-hetero) is 1. The van der Waals surface area contributed by atoms with Crippen LogP contribution < -0.4 is 9.47 Å². The van der Waals surface area contributed by atoms with E-state index in [9.17, 15) is 14.7 Å². The number of ether oxygens (including phenoxy) is 3. The molecule has 8 nitrogen and oxygen atoms in total. The fourth-order valence-corrected chi connectivity index (χ4v) is 4.47. The van der Waals surface area contributed by atoms with E-state index in [0.717, 1.165) is 0 Å². The Bertz CT molecular complexity index is 1490. The number of methoxy groups -OCH3 is 2. The molecule has 4 aromatic rings. The van der Waals surface area contributed by atoms with Crippen molar-refractivity contribution in [3.63, 3.8) is 0 Å². The zero-order valence-electron chi connectivity index (χ0n) is 20.3. The first-order chi connectivity index (χ1) is 18.0. The van der Waals surface area contributed by atoms with Gasteiger partial charge in [0.25, 0.3) is 5.91 Å². The zero-order chi connectivity index (χ0) is 25.9. The van der Waals surface area contributed by atoms with E-state index in [2.05, 4.69) is 0 Å². The van der Waals surface area contributed by atoms with Crippen molar-refractivity contribution in [1.82, 2.24) is 4.90 Å². The number of benzene rings is 3. The number of carbonyl (C=O) groups excluding carboxylic acids is 2. The highest BCUT2D eigenvalue weighted by Crippen LogP contribution is 2.41. The van der Waals surface area contributed by atoms with Gasteiger partial charge in [0, 0.05) is 19.0 Å². The number of fused-ring (bicyclic) bond motifs is 1. The smallest absolute Gasteiger partial charge is 0.290 e. The molecule has 1 aliphatic rings. The zero-order valence-corrected chi connectivity index (χ0v) is 20.3. The monoisotopic (exact) mass is 499 g/mol.